The topological polar surface area (TPSA) is 68.2 Å². The Balaban J connectivity index is 1.62. The summed E-state index contributed by atoms with van der Waals surface area (Å²) in [6, 6.07) is 2.76. The lowest BCUT2D eigenvalue weighted by Gasteiger charge is -2.31. The molecular formula is C19H28IN4O2P. The molecule has 0 bridgehead atoms. The van der Waals surface area contributed by atoms with E-state index >= 15 is 0 Å². The lowest BCUT2D eigenvalue weighted by atomic mass is 9.91. The molecule has 27 heavy (non-hydrogen) atoms. The van der Waals surface area contributed by atoms with Crippen molar-refractivity contribution >= 4 is 54.8 Å². The molecule has 0 saturated heterocycles. The van der Waals surface area contributed by atoms with Gasteiger partial charge in [0.1, 0.15) is 11.2 Å². The number of halogens is 1. The second-order valence-corrected chi connectivity index (χ2v) is 9.89. The number of ether oxygens (including phenoxy) is 1. The van der Waals surface area contributed by atoms with Gasteiger partial charge in [0.15, 0.2) is 0 Å². The molecule has 0 aromatic carbocycles. The Labute approximate surface area is 176 Å². The Morgan fingerprint density at radius 2 is 1.93 bits per heavy atom. The van der Waals surface area contributed by atoms with Crippen LogP contribution >= 0.6 is 32.0 Å². The summed E-state index contributed by atoms with van der Waals surface area (Å²) in [5.74, 6) is 0. The van der Waals surface area contributed by atoms with E-state index < -0.39 is 5.60 Å². The fourth-order valence-corrected chi connectivity index (χ4v) is 4.34. The van der Waals surface area contributed by atoms with Crippen LogP contribution in [0.25, 0.3) is 11.0 Å². The van der Waals surface area contributed by atoms with Gasteiger partial charge in [-0.2, -0.15) is 0 Å². The molecule has 0 aliphatic heterocycles. The van der Waals surface area contributed by atoms with E-state index in [2.05, 4.69) is 60.6 Å². The molecule has 1 saturated carbocycles. The van der Waals surface area contributed by atoms with Crippen LogP contribution in [0.3, 0.4) is 0 Å². The predicted molar refractivity (Wildman–Crippen MR) is 121 cm³/mol. The zero-order valence-electron chi connectivity index (χ0n) is 16.3. The number of pyridine rings is 1. The highest BCUT2D eigenvalue weighted by molar-refractivity contribution is 14.1. The predicted octanol–water partition coefficient (Wildman–Crippen LogP) is 4.84. The third-order valence-electron chi connectivity index (χ3n) is 4.81. The lowest BCUT2D eigenvalue weighted by Crippen LogP contribution is -2.42. The molecule has 2 aromatic rings. The Morgan fingerprint density at radius 1 is 1.30 bits per heavy atom. The Hall–Kier alpha value is -1.08. The molecule has 148 valence electrons. The van der Waals surface area contributed by atoms with Gasteiger partial charge in [0.25, 0.3) is 0 Å². The summed E-state index contributed by atoms with van der Waals surface area (Å²) in [5.41, 5.74) is 2.84. The Bertz CT molecular complexity index is 838. The SMILES string of the molecule is Cc1cc2c(NC3CCC(NC(=O)OC(C)(C)C)CC3)c(I)cnc2n1P. The lowest BCUT2D eigenvalue weighted by molar-refractivity contribution is 0.0492. The normalized spacial score (nSPS) is 20.5. The quantitative estimate of drug-likeness (QED) is 0.466. The highest BCUT2D eigenvalue weighted by Crippen LogP contribution is 2.33. The number of anilines is 1. The smallest absolute Gasteiger partial charge is 0.407 e. The molecule has 1 atom stereocenters. The van der Waals surface area contributed by atoms with E-state index in [4.69, 9.17) is 4.74 Å². The molecule has 1 aliphatic rings. The fourth-order valence-electron chi connectivity index (χ4n) is 3.47. The van der Waals surface area contributed by atoms with E-state index in [1.54, 1.807) is 0 Å². The number of aromatic nitrogens is 2. The highest BCUT2D eigenvalue weighted by atomic mass is 127. The van der Waals surface area contributed by atoms with Crippen molar-refractivity contribution in [1.29, 1.82) is 0 Å². The number of nitrogens with zero attached hydrogens (tertiary/aromatic N) is 2. The molecule has 2 N–H and O–H groups in total. The summed E-state index contributed by atoms with van der Waals surface area (Å²) in [5, 5.41) is 7.89. The van der Waals surface area contributed by atoms with Gasteiger partial charge in [-0.05, 0) is 91.4 Å². The first-order valence-electron chi connectivity index (χ1n) is 9.31. The molecule has 1 aliphatic carbocycles. The van der Waals surface area contributed by atoms with Crippen LogP contribution in [0.5, 0.6) is 0 Å². The number of aryl methyl sites for hydroxylation is 1. The van der Waals surface area contributed by atoms with Gasteiger partial charge in [0.2, 0.25) is 0 Å². The number of hydrogen-bond acceptors (Lipinski definition) is 4. The van der Waals surface area contributed by atoms with Gasteiger partial charge < -0.3 is 19.7 Å². The molecule has 3 rings (SSSR count). The summed E-state index contributed by atoms with van der Waals surface area (Å²) in [6.45, 7) is 7.73. The average Bonchev–Trinajstić information content (AvgIpc) is 2.85. The van der Waals surface area contributed by atoms with Crippen molar-refractivity contribution in [3.63, 3.8) is 0 Å². The minimum atomic E-state index is -0.460. The second kappa shape index (κ2) is 8.11. The number of fused-ring (bicyclic) bond motifs is 1. The van der Waals surface area contributed by atoms with E-state index in [1.165, 1.54) is 0 Å². The van der Waals surface area contributed by atoms with Crippen LogP contribution in [0.2, 0.25) is 0 Å². The van der Waals surface area contributed by atoms with Gasteiger partial charge in [-0.15, -0.1) is 0 Å². The largest absolute Gasteiger partial charge is 0.444 e. The third kappa shape index (κ3) is 5.05. The van der Waals surface area contributed by atoms with Crippen LogP contribution < -0.4 is 10.6 Å². The third-order valence-corrected chi connectivity index (χ3v) is 6.28. The van der Waals surface area contributed by atoms with E-state index in [-0.39, 0.29) is 12.1 Å². The first kappa shape index (κ1) is 20.6. The summed E-state index contributed by atoms with van der Waals surface area (Å²) in [4.78, 5) is 16.5. The fraction of sp³-hybridized carbons (Fsp3) is 0.579. The van der Waals surface area contributed by atoms with Gasteiger partial charge in [0.05, 0.1) is 9.26 Å². The summed E-state index contributed by atoms with van der Waals surface area (Å²) >= 11 is 2.34. The molecular weight excluding hydrogens is 474 g/mol. The van der Waals surface area contributed by atoms with Crippen LogP contribution in [0.15, 0.2) is 12.3 Å². The van der Waals surface area contributed by atoms with Crippen LogP contribution in [-0.2, 0) is 4.74 Å². The molecule has 0 spiro atoms. The van der Waals surface area contributed by atoms with Crippen LogP contribution in [0.1, 0.15) is 52.1 Å². The molecule has 1 fully saturated rings. The van der Waals surface area contributed by atoms with Crippen molar-refractivity contribution in [1.82, 2.24) is 14.6 Å². The number of carbonyl (C=O) groups is 1. The number of alkyl carbamates (subject to hydrolysis) is 1. The van der Waals surface area contributed by atoms with Gasteiger partial charge in [0, 0.05) is 29.4 Å². The molecule has 2 heterocycles. The zero-order valence-corrected chi connectivity index (χ0v) is 19.6. The van der Waals surface area contributed by atoms with Gasteiger partial charge in [-0.3, -0.25) is 0 Å². The van der Waals surface area contributed by atoms with Gasteiger partial charge in [-0.25, -0.2) is 9.78 Å². The monoisotopic (exact) mass is 502 g/mol. The molecule has 1 amide bonds. The number of carbonyl (C=O) groups excluding carboxylic acids is 1. The summed E-state index contributed by atoms with van der Waals surface area (Å²) in [7, 11) is 2.72. The number of rotatable bonds is 3. The molecule has 6 nitrogen and oxygen atoms in total. The minimum absolute atomic E-state index is 0.185. The first-order chi connectivity index (χ1) is 12.6. The standard InChI is InChI=1S/C19H28IN4O2P/c1-11-9-14-16(15(20)10-21-17(14)24(11)27)22-12-5-7-13(8-6-12)23-18(25)26-19(2,3)4/h9-10,12-13H,5-8,27H2,1-4H3,(H,21,22)(H,23,25). The van der Waals surface area contributed by atoms with Crippen molar-refractivity contribution < 1.29 is 9.53 Å². The first-order valence-corrected chi connectivity index (χ1v) is 10.9. The van der Waals surface area contributed by atoms with E-state index in [1.807, 2.05) is 31.3 Å². The number of nitrogens with one attached hydrogen (secondary N) is 2. The van der Waals surface area contributed by atoms with Gasteiger partial charge >= 0.3 is 6.09 Å². The summed E-state index contributed by atoms with van der Waals surface area (Å²) in [6.07, 6.45) is 5.53. The van der Waals surface area contributed by atoms with Crippen molar-refractivity contribution in [2.24, 2.45) is 0 Å². The molecule has 2 aromatic heterocycles. The number of amides is 1. The highest BCUT2D eigenvalue weighted by Gasteiger charge is 2.25. The van der Waals surface area contributed by atoms with Crippen molar-refractivity contribution in [3.05, 3.63) is 21.5 Å². The molecule has 0 radical (unpaired) electrons. The zero-order chi connectivity index (χ0) is 19.8. The van der Waals surface area contributed by atoms with Crippen LogP contribution in [0.4, 0.5) is 10.5 Å². The van der Waals surface area contributed by atoms with E-state index in [0.717, 1.165) is 51.7 Å². The molecule has 8 heteroatoms. The second-order valence-electron chi connectivity index (χ2n) is 8.21. The van der Waals surface area contributed by atoms with E-state index in [0.29, 0.717) is 6.04 Å². The van der Waals surface area contributed by atoms with Crippen molar-refractivity contribution in [2.75, 3.05) is 5.32 Å². The minimum Gasteiger partial charge on any atom is -0.444 e. The maximum absolute atomic E-state index is 12.0. The Kier molecular flexibility index (Phi) is 6.21. The van der Waals surface area contributed by atoms with E-state index in [9.17, 15) is 4.79 Å². The maximum Gasteiger partial charge on any atom is 0.407 e. The van der Waals surface area contributed by atoms with Crippen molar-refractivity contribution in [2.45, 2.75) is 71.1 Å². The average molecular weight is 502 g/mol. The molecule has 1 unspecified atom stereocenters. The number of hydrogen-bond donors (Lipinski definition) is 2. The van der Waals surface area contributed by atoms with Crippen LogP contribution in [-0.4, -0.2) is 33.1 Å². The van der Waals surface area contributed by atoms with Gasteiger partial charge in [-0.1, -0.05) is 0 Å². The summed E-state index contributed by atoms with van der Waals surface area (Å²) < 4.78 is 8.53. The van der Waals surface area contributed by atoms with Crippen LogP contribution in [0, 0.1) is 10.5 Å². The Morgan fingerprint density at radius 3 is 2.56 bits per heavy atom. The maximum atomic E-state index is 12.0. The van der Waals surface area contributed by atoms with Crippen molar-refractivity contribution in [3.8, 4) is 0 Å².